The fourth-order valence-corrected chi connectivity index (χ4v) is 5.13. The monoisotopic (exact) mass is 652 g/mol. The number of nitrogens with one attached hydrogen (secondary N) is 2. The first-order chi connectivity index (χ1) is 23.0. The summed E-state index contributed by atoms with van der Waals surface area (Å²) in [6.07, 6.45) is 6.95. The van der Waals surface area contributed by atoms with Crippen LogP contribution < -0.4 is 15.4 Å². The molecule has 1 aromatic heterocycles. The van der Waals surface area contributed by atoms with E-state index in [0.717, 1.165) is 46.6 Å². The summed E-state index contributed by atoms with van der Waals surface area (Å²) in [6, 6.07) is 22.0. The number of benzene rings is 3. The summed E-state index contributed by atoms with van der Waals surface area (Å²) in [4.78, 5) is 35.4. The summed E-state index contributed by atoms with van der Waals surface area (Å²) < 4.78 is 5.85. The van der Waals surface area contributed by atoms with Gasteiger partial charge in [0.25, 0.3) is 5.91 Å². The Kier molecular flexibility index (Phi) is 13.2. The van der Waals surface area contributed by atoms with Crippen LogP contribution >= 0.6 is 0 Å². The van der Waals surface area contributed by atoms with Crippen molar-refractivity contribution in [2.45, 2.75) is 84.0 Å². The fraction of sp³-hybridized carbons (Fsp3) is 0.385. The summed E-state index contributed by atoms with van der Waals surface area (Å²) in [6.45, 7) is 9.29. The maximum Gasteiger partial charge on any atom is 0.251 e. The molecule has 0 unspecified atom stereocenters. The molecule has 4 N–H and O–H groups in total. The van der Waals surface area contributed by atoms with E-state index in [9.17, 15) is 19.8 Å². The van der Waals surface area contributed by atoms with E-state index in [0.29, 0.717) is 11.4 Å². The Morgan fingerprint density at radius 1 is 0.812 bits per heavy atom. The first kappa shape index (κ1) is 36.2. The number of carbonyl (C=O) groups excluding carboxylic acids is 2. The minimum Gasteiger partial charge on any atom is -0.494 e. The van der Waals surface area contributed by atoms with Gasteiger partial charge in [0.1, 0.15) is 11.8 Å². The van der Waals surface area contributed by atoms with Crippen LogP contribution in [0.25, 0.3) is 22.5 Å². The predicted molar refractivity (Wildman–Crippen MR) is 188 cm³/mol. The molecular formula is C39H48N4O5. The van der Waals surface area contributed by atoms with Gasteiger partial charge in [-0.1, -0.05) is 95.5 Å². The van der Waals surface area contributed by atoms with E-state index >= 15 is 0 Å². The predicted octanol–water partition coefficient (Wildman–Crippen LogP) is 6.23. The number of nitrogens with zero attached hydrogens (tertiary/aromatic N) is 2. The van der Waals surface area contributed by atoms with Gasteiger partial charge in [-0.15, -0.1) is 0 Å². The van der Waals surface area contributed by atoms with Gasteiger partial charge < -0.3 is 25.6 Å². The van der Waals surface area contributed by atoms with Gasteiger partial charge in [0, 0.05) is 48.5 Å². The van der Waals surface area contributed by atoms with Crippen molar-refractivity contribution in [3.05, 3.63) is 102 Å². The highest BCUT2D eigenvalue weighted by atomic mass is 16.5. The Bertz CT molecular complexity index is 1580. The molecule has 0 radical (unpaired) electrons. The molecule has 0 aliphatic carbocycles. The van der Waals surface area contributed by atoms with Crippen LogP contribution in [0.15, 0.2) is 85.2 Å². The molecule has 4 aromatic rings. The third-order valence-corrected chi connectivity index (χ3v) is 8.09. The fourth-order valence-electron chi connectivity index (χ4n) is 5.13. The lowest BCUT2D eigenvalue weighted by atomic mass is 9.86. The Morgan fingerprint density at radius 2 is 1.46 bits per heavy atom. The van der Waals surface area contributed by atoms with Gasteiger partial charge in [0.15, 0.2) is 12.1 Å². The zero-order valence-electron chi connectivity index (χ0n) is 28.4. The van der Waals surface area contributed by atoms with Crippen molar-refractivity contribution in [3.63, 3.8) is 0 Å². The van der Waals surface area contributed by atoms with Crippen LogP contribution in [0, 0.1) is 0 Å². The zero-order valence-corrected chi connectivity index (χ0v) is 28.4. The van der Waals surface area contributed by atoms with Crippen molar-refractivity contribution >= 4 is 11.8 Å². The van der Waals surface area contributed by atoms with Gasteiger partial charge in [0.2, 0.25) is 5.91 Å². The average Bonchev–Trinajstić information content (AvgIpc) is 3.08. The molecule has 0 fully saturated rings. The van der Waals surface area contributed by atoms with E-state index in [1.54, 1.807) is 24.5 Å². The van der Waals surface area contributed by atoms with E-state index in [1.807, 2.05) is 60.7 Å². The minimum absolute atomic E-state index is 0.0208. The lowest BCUT2D eigenvalue weighted by molar-refractivity contribution is -0.123. The number of ether oxygens (including phenoxy) is 1. The molecule has 9 nitrogen and oxygen atoms in total. The SMILES string of the molecule is CCCCCCOc1ccc(-c2cnc(-c3ccc(C[C@H](NC(=O)c4ccc(C(C)(C)C)cc4)C(=O)NCCC(O)O)cc3)nc2)cc1. The average molecular weight is 653 g/mol. The summed E-state index contributed by atoms with van der Waals surface area (Å²) in [5.41, 5.74) is 5.04. The molecule has 0 saturated carbocycles. The number of hydrogen-bond acceptors (Lipinski definition) is 7. The highest BCUT2D eigenvalue weighted by molar-refractivity contribution is 5.97. The second kappa shape index (κ2) is 17.5. The topological polar surface area (TPSA) is 134 Å². The molecule has 1 atom stereocenters. The van der Waals surface area contributed by atoms with Crippen molar-refractivity contribution in [1.82, 2.24) is 20.6 Å². The number of amides is 2. The van der Waals surface area contributed by atoms with Crippen LogP contribution in [0.2, 0.25) is 0 Å². The lowest BCUT2D eigenvalue weighted by Gasteiger charge is -2.21. The Labute approximate surface area is 283 Å². The molecule has 0 spiro atoms. The number of unbranched alkanes of at least 4 members (excludes halogenated alkanes) is 3. The normalized spacial score (nSPS) is 12.1. The summed E-state index contributed by atoms with van der Waals surface area (Å²) in [7, 11) is 0. The molecule has 0 saturated heterocycles. The van der Waals surface area contributed by atoms with E-state index < -0.39 is 18.2 Å². The highest BCUT2D eigenvalue weighted by Gasteiger charge is 2.23. The Balaban J connectivity index is 1.40. The van der Waals surface area contributed by atoms with Crippen molar-refractivity contribution < 1.29 is 24.5 Å². The van der Waals surface area contributed by atoms with Crippen LogP contribution in [0.5, 0.6) is 5.75 Å². The molecule has 9 heteroatoms. The third-order valence-electron chi connectivity index (χ3n) is 8.09. The van der Waals surface area contributed by atoms with Crippen LogP contribution in [-0.2, 0) is 16.6 Å². The second-order valence-corrected chi connectivity index (χ2v) is 13.0. The molecule has 48 heavy (non-hydrogen) atoms. The van der Waals surface area contributed by atoms with Crippen LogP contribution in [0.1, 0.15) is 81.3 Å². The van der Waals surface area contributed by atoms with Crippen LogP contribution in [-0.4, -0.2) is 57.5 Å². The Hall–Kier alpha value is -4.60. The van der Waals surface area contributed by atoms with Crippen molar-refractivity contribution in [1.29, 1.82) is 0 Å². The van der Waals surface area contributed by atoms with E-state index in [-0.39, 0.29) is 30.7 Å². The van der Waals surface area contributed by atoms with E-state index in [2.05, 4.69) is 48.3 Å². The number of hydrogen-bond donors (Lipinski definition) is 4. The molecule has 254 valence electrons. The van der Waals surface area contributed by atoms with Gasteiger partial charge in [-0.2, -0.15) is 0 Å². The Morgan fingerprint density at radius 3 is 2.06 bits per heavy atom. The summed E-state index contributed by atoms with van der Waals surface area (Å²) in [5, 5.41) is 23.9. The summed E-state index contributed by atoms with van der Waals surface area (Å²) in [5.74, 6) is 0.643. The quantitative estimate of drug-likeness (QED) is 0.0834. The highest BCUT2D eigenvalue weighted by Crippen LogP contribution is 2.24. The largest absolute Gasteiger partial charge is 0.494 e. The van der Waals surface area contributed by atoms with Crippen molar-refractivity contribution in [3.8, 4) is 28.3 Å². The minimum atomic E-state index is -1.53. The summed E-state index contributed by atoms with van der Waals surface area (Å²) >= 11 is 0. The van der Waals surface area contributed by atoms with Gasteiger partial charge in [-0.25, -0.2) is 9.97 Å². The molecule has 0 bridgehead atoms. The van der Waals surface area contributed by atoms with Crippen LogP contribution in [0.4, 0.5) is 0 Å². The first-order valence-corrected chi connectivity index (χ1v) is 16.7. The number of aromatic nitrogens is 2. The van der Waals surface area contributed by atoms with Crippen molar-refractivity contribution in [2.24, 2.45) is 0 Å². The number of carbonyl (C=O) groups is 2. The number of aliphatic hydroxyl groups excluding tert-OH is 1. The van der Waals surface area contributed by atoms with E-state index in [1.165, 1.54) is 19.3 Å². The maximum absolute atomic E-state index is 13.2. The third kappa shape index (κ3) is 11.0. The molecule has 0 aliphatic rings. The van der Waals surface area contributed by atoms with Gasteiger partial charge in [0.05, 0.1) is 6.61 Å². The standard InChI is InChI=1S/C39H48N4O5/c1-5-6-7-8-23-48-33-19-15-28(16-20-33)31-25-41-36(42-26-31)29-11-9-27(10-12-29)24-34(38(47)40-22-21-35(44)45)43-37(46)30-13-17-32(18-14-30)39(2,3)4/h9-20,25-26,34-35,44-45H,5-8,21-24H2,1-4H3,(H,40,47)(H,43,46)/t34-/m0/s1. The smallest absolute Gasteiger partial charge is 0.251 e. The van der Waals surface area contributed by atoms with Gasteiger partial charge in [-0.05, 0) is 52.8 Å². The van der Waals surface area contributed by atoms with Gasteiger partial charge >= 0.3 is 0 Å². The number of aliphatic hydroxyl groups is 2. The molecule has 1 heterocycles. The maximum atomic E-state index is 13.2. The zero-order chi connectivity index (χ0) is 34.5. The number of rotatable bonds is 16. The lowest BCUT2D eigenvalue weighted by Crippen LogP contribution is -2.48. The van der Waals surface area contributed by atoms with Crippen molar-refractivity contribution in [2.75, 3.05) is 13.2 Å². The second-order valence-electron chi connectivity index (χ2n) is 13.0. The van der Waals surface area contributed by atoms with Crippen LogP contribution in [0.3, 0.4) is 0 Å². The molecule has 0 aliphatic heterocycles. The first-order valence-electron chi connectivity index (χ1n) is 16.7. The van der Waals surface area contributed by atoms with E-state index in [4.69, 9.17) is 4.74 Å². The van der Waals surface area contributed by atoms with Gasteiger partial charge in [-0.3, -0.25) is 9.59 Å². The molecule has 4 rings (SSSR count). The molecule has 3 aromatic carbocycles. The molecular weight excluding hydrogens is 604 g/mol. The molecule has 2 amide bonds.